The minimum absolute atomic E-state index is 0.245. The van der Waals surface area contributed by atoms with Crippen molar-refractivity contribution < 1.29 is 14.0 Å². The van der Waals surface area contributed by atoms with E-state index in [4.69, 9.17) is 9.16 Å². The van der Waals surface area contributed by atoms with E-state index in [1.165, 1.54) is 19.3 Å². The van der Waals surface area contributed by atoms with Crippen molar-refractivity contribution in [2.45, 2.75) is 77.3 Å². The van der Waals surface area contributed by atoms with Crippen LogP contribution >= 0.6 is 0 Å². The van der Waals surface area contributed by atoms with Crippen LogP contribution in [0.4, 0.5) is 4.79 Å². The van der Waals surface area contributed by atoms with Gasteiger partial charge >= 0.3 is 6.09 Å². The van der Waals surface area contributed by atoms with Gasteiger partial charge in [-0.3, -0.25) is 0 Å². The van der Waals surface area contributed by atoms with Gasteiger partial charge in [-0.1, -0.05) is 51.1 Å². The third-order valence-electron chi connectivity index (χ3n) is 7.30. The highest BCUT2D eigenvalue weighted by atomic mass is 28.4. The lowest BCUT2D eigenvalue weighted by atomic mass is 9.90. The van der Waals surface area contributed by atoms with Crippen LogP contribution in [0.2, 0.25) is 18.1 Å². The van der Waals surface area contributed by atoms with Crippen molar-refractivity contribution in [1.82, 2.24) is 10.2 Å². The van der Waals surface area contributed by atoms with Gasteiger partial charge in [0.1, 0.15) is 6.61 Å². The molecule has 1 aliphatic carbocycles. The first-order chi connectivity index (χ1) is 14.1. The number of nitrogens with one attached hydrogen (secondary N) is 1. The average Bonchev–Trinajstić information content (AvgIpc) is 3.46. The summed E-state index contributed by atoms with van der Waals surface area (Å²) in [5.41, 5.74) is 1.45. The number of benzene rings is 1. The van der Waals surface area contributed by atoms with Crippen molar-refractivity contribution in [1.29, 1.82) is 0 Å². The molecule has 1 heterocycles. The Morgan fingerprint density at radius 3 is 2.53 bits per heavy atom. The van der Waals surface area contributed by atoms with Crippen molar-refractivity contribution in [2.75, 3.05) is 26.2 Å². The average molecular weight is 433 g/mol. The number of hydrogen-bond acceptors (Lipinski definition) is 4. The Labute approximate surface area is 183 Å². The Balaban J connectivity index is 1.38. The molecule has 30 heavy (non-hydrogen) atoms. The van der Waals surface area contributed by atoms with Gasteiger partial charge in [0.25, 0.3) is 0 Å². The lowest BCUT2D eigenvalue weighted by Crippen LogP contribution is -2.53. The molecule has 1 amide bonds. The van der Waals surface area contributed by atoms with Gasteiger partial charge in [0, 0.05) is 13.1 Å². The molecule has 1 aromatic carbocycles. The number of likely N-dealkylation sites (tertiary alicyclic amines) is 1. The smallest absolute Gasteiger partial charge is 0.407 e. The maximum Gasteiger partial charge on any atom is 0.407 e. The van der Waals surface area contributed by atoms with Gasteiger partial charge in [-0.15, -0.1) is 0 Å². The van der Waals surface area contributed by atoms with Gasteiger partial charge in [0.05, 0.1) is 6.10 Å². The monoisotopic (exact) mass is 432 g/mol. The SMILES string of the molecule is CC(C)(C)[Si](C)(C)OC1CN(CCCNC(=O)OCc2ccccc2)CCC12CC2. The highest BCUT2D eigenvalue weighted by molar-refractivity contribution is 6.74. The predicted molar refractivity (Wildman–Crippen MR) is 124 cm³/mol. The van der Waals surface area contributed by atoms with Gasteiger partial charge in [-0.2, -0.15) is 0 Å². The predicted octanol–water partition coefficient (Wildman–Crippen LogP) is 5.18. The summed E-state index contributed by atoms with van der Waals surface area (Å²) >= 11 is 0. The number of carbonyl (C=O) groups excluding carboxylic acids is 1. The fourth-order valence-electron chi connectivity index (χ4n) is 3.96. The molecule has 1 aromatic rings. The van der Waals surface area contributed by atoms with E-state index in [1.807, 2.05) is 30.3 Å². The highest BCUT2D eigenvalue weighted by Gasteiger charge is 2.54. The third kappa shape index (κ3) is 6.08. The van der Waals surface area contributed by atoms with Gasteiger partial charge in [-0.25, -0.2) is 4.79 Å². The van der Waals surface area contributed by atoms with Crippen molar-refractivity contribution in [3.63, 3.8) is 0 Å². The standard InChI is InChI=1S/C24H40N2O3Si/c1-23(2,3)30(4,5)29-21-18-26(17-14-24(21)12-13-24)16-9-15-25-22(27)28-19-20-10-7-6-8-11-20/h6-8,10-11,21H,9,12-19H2,1-5H3,(H,25,27). The van der Waals surface area contributed by atoms with Crippen LogP contribution in [0, 0.1) is 5.41 Å². The van der Waals surface area contributed by atoms with E-state index in [2.05, 4.69) is 44.1 Å². The highest BCUT2D eigenvalue weighted by Crippen LogP contribution is 2.56. The minimum Gasteiger partial charge on any atom is -0.445 e. The maximum absolute atomic E-state index is 11.9. The van der Waals surface area contributed by atoms with Crippen LogP contribution in [0.3, 0.4) is 0 Å². The lowest BCUT2D eigenvalue weighted by molar-refractivity contribution is 0.0166. The number of hydrogen-bond donors (Lipinski definition) is 1. The van der Waals surface area contributed by atoms with Gasteiger partial charge < -0.3 is 19.4 Å². The number of carbonyl (C=O) groups is 1. The number of piperidine rings is 1. The topological polar surface area (TPSA) is 50.8 Å². The van der Waals surface area contributed by atoms with Crippen LogP contribution in [0.5, 0.6) is 0 Å². The molecule has 6 heteroatoms. The van der Waals surface area contributed by atoms with Crippen LogP contribution in [-0.2, 0) is 15.8 Å². The number of alkyl carbamates (subject to hydrolysis) is 1. The zero-order valence-electron chi connectivity index (χ0n) is 19.5. The fraction of sp³-hybridized carbons (Fsp3) is 0.708. The van der Waals surface area contributed by atoms with Gasteiger partial charge in [0.2, 0.25) is 0 Å². The van der Waals surface area contributed by atoms with E-state index < -0.39 is 8.32 Å². The van der Waals surface area contributed by atoms with Crippen LogP contribution in [-0.4, -0.2) is 51.6 Å². The third-order valence-corrected chi connectivity index (χ3v) is 11.8. The molecule has 1 unspecified atom stereocenters. The van der Waals surface area contributed by atoms with Gasteiger partial charge in [0.15, 0.2) is 8.32 Å². The molecule has 1 atom stereocenters. The van der Waals surface area contributed by atoms with Crippen molar-refractivity contribution in [3.8, 4) is 0 Å². The second-order valence-corrected chi connectivity index (χ2v) is 15.4. The first kappa shape index (κ1) is 23.3. The molecule has 5 nitrogen and oxygen atoms in total. The zero-order chi connectivity index (χ0) is 21.8. The number of nitrogens with zero attached hydrogens (tertiary/aromatic N) is 1. The van der Waals surface area contributed by atoms with E-state index >= 15 is 0 Å². The van der Waals surface area contributed by atoms with E-state index in [1.54, 1.807) is 0 Å². The second-order valence-electron chi connectivity index (χ2n) is 10.6. The number of amides is 1. The summed E-state index contributed by atoms with van der Waals surface area (Å²) in [5, 5.41) is 3.12. The molecule has 2 fully saturated rings. The summed E-state index contributed by atoms with van der Waals surface area (Å²) in [4.78, 5) is 14.4. The Bertz CT molecular complexity index is 698. The van der Waals surface area contributed by atoms with E-state index in [9.17, 15) is 4.79 Å². The minimum atomic E-state index is -1.76. The number of ether oxygens (including phenoxy) is 1. The van der Waals surface area contributed by atoms with E-state index in [-0.39, 0.29) is 11.1 Å². The normalized spacial score (nSPS) is 21.4. The summed E-state index contributed by atoms with van der Waals surface area (Å²) in [6.07, 6.45) is 4.87. The molecule has 1 saturated heterocycles. The maximum atomic E-state index is 11.9. The molecule has 0 bridgehead atoms. The molecule has 1 aliphatic heterocycles. The fourth-order valence-corrected chi connectivity index (χ4v) is 5.35. The molecule has 0 radical (unpaired) electrons. The van der Waals surface area contributed by atoms with Gasteiger partial charge in [-0.05, 0) is 67.9 Å². The van der Waals surface area contributed by atoms with Crippen LogP contribution in [0.25, 0.3) is 0 Å². The quantitative estimate of drug-likeness (QED) is 0.454. The van der Waals surface area contributed by atoms with Crippen LogP contribution < -0.4 is 5.32 Å². The molecule has 3 rings (SSSR count). The van der Waals surface area contributed by atoms with Crippen molar-refractivity contribution >= 4 is 14.4 Å². The first-order valence-corrected chi connectivity index (χ1v) is 14.4. The summed E-state index contributed by atoms with van der Waals surface area (Å²) in [5.74, 6) is 0. The molecule has 2 aliphatic rings. The van der Waals surface area contributed by atoms with Crippen molar-refractivity contribution in [2.24, 2.45) is 5.41 Å². The summed E-state index contributed by atoms with van der Waals surface area (Å²) in [6.45, 7) is 15.8. The molecule has 1 N–H and O–H groups in total. The Morgan fingerprint density at radius 1 is 1.20 bits per heavy atom. The summed E-state index contributed by atoms with van der Waals surface area (Å²) < 4.78 is 12.2. The van der Waals surface area contributed by atoms with Crippen LogP contribution in [0.15, 0.2) is 30.3 Å². The van der Waals surface area contributed by atoms with Crippen LogP contribution in [0.1, 0.15) is 52.0 Å². The Hall–Kier alpha value is -1.37. The Kier molecular flexibility index (Phi) is 7.31. The number of rotatable bonds is 8. The molecular weight excluding hydrogens is 392 g/mol. The summed E-state index contributed by atoms with van der Waals surface area (Å²) in [6, 6.07) is 9.76. The lowest BCUT2D eigenvalue weighted by Gasteiger charge is -2.46. The van der Waals surface area contributed by atoms with Crippen molar-refractivity contribution in [3.05, 3.63) is 35.9 Å². The molecular formula is C24H40N2O3Si. The van der Waals surface area contributed by atoms with E-state index in [0.29, 0.717) is 24.7 Å². The molecule has 1 saturated carbocycles. The molecule has 168 valence electrons. The summed E-state index contributed by atoms with van der Waals surface area (Å²) in [7, 11) is -1.76. The van der Waals surface area contributed by atoms with E-state index in [0.717, 1.165) is 31.6 Å². The second kappa shape index (κ2) is 9.41. The molecule has 0 aromatic heterocycles. The first-order valence-electron chi connectivity index (χ1n) is 11.5. The molecule has 1 spiro atoms. The zero-order valence-corrected chi connectivity index (χ0v) is 20.5. The Morgan fingerprint density at radius 2 is 1.90 bits per heavy atom. The largest absolute Gasteiger partial charge is 0.445 e.